The number of hydrogen-bond donors (Lipinski definition) is 3. The molecule has 0 spiro atoms. The Morgan fingerprint density at radius 1 is 1.53 bits per heavy atom. The van der Waals surface area contributed by atoms with Gasteiger partial charge in [0, 0.05) is 6.07 Å². The molecule has 0 aliphatic rings. The van der Waals surface area contributed by atoms with E-state index in [1.807, 2.05) is 0 Å². The minimum absolute atomic E-state index is 0.0522. The van der Waals surface area contributed by atoms with Gasteiger partial charge in [-0.15, -0.1) is 5.10 Å². The molecule has 0 aromatic carbocycles. The molecule has 8 nitrogen and oxygen atoms in total. The number of nitrogen functional groups attached to an aromatic ring is 1. The Bertz CT molecular complexity index is 683. The van der Waals surface area contributed by atoms with E-state index in [1.165, 1.54) is 6.07 Å². The zero-order valence-electron chi connectivity index (χ0n) is 7.21. The number of rotatable bonds is 1. The molecule has 2 heterocycles. The van der Waals surface area contributed by atoms with Gasteiger partial charge in [0.2, 0.25) is 9.30 Å². The first-order chi connectivity index (χ1) is 6.88. The lowest BCUT2D eigenvalue weighted by Crippen LogP contribution is -2.17. The van der Waals surface area contributed by atoms with Gasteiger partial charge in [-0.05, 0) is 0 Å². The Labute approximate surface area is 87.7 Å². The molecule has 0 aliphatic carbocycles. The van der Waals surface area contributed by atoms with Crippen molar-refractivity contribution in [1.82, 2.24) is 14.6 Å². The number of nitrogens with zero attached hydrogens (tertiary/aromatic N) is 3. The number of aromatic nitrogens is 3. The second-order valence-electron chi connectivity index (χ2n) is 2.67. The predicted molar refractivity (Wildman–Crippen MR) is 52.5 cm³/mol. The fourth-order valence-electron chi connectivity index (χ4n) is 0.952. The molecule has 2 aromatic heterocycles. The maximum absolute atomic E-state index is 11.0. The number of hydrogen-bond acceptors (Lipinski definition) is 7. The third-order valence-corrected chi connectivity index (χ3v) is 3.74. The number of fused-ring (bicyclic) bond motifs is 1. The van der Waals surface area contributed by atoms with Crippen molar-refractivity contribution in [2.45, 2.75) is 4.34 Å². The van der Waals surface area contributed by atoms with E-state index in [9.17, 15) is 8.42 Å². The van der Waals surface area contributed by atoms with Gasteiger partial charge in [-0.2, -0.15) is 4.52 Å². The minimum Gasteiger partial charge on any atom is -0.383 e. The highest BCUT2D eigenvalue weighted by molar-refractivity contribution is 7.91. The molecule has 0 amide bonds. The van der Waals surface area contributed by atoms with Crippen LogP contribution in [0.3, 0.4) is 0 Å². The molecular weight excluding hydrogens is 240 g/mol. The van der Waals surface area contributed by atoms with E-state index in [0.29, 0.717) is 0 Å². The smallest absolute Gasteiger partial charge is 0.267 e. The number of sulfonamides is 1. The van der Waals surface area contributed by atoms with Gasteiger partial charge < -0.3 is 5.73 Å². The molecule has 0 saturated carbocycles. The summed E-state index contributed by atoms with van der Waals surface area (Å²) in [6.45, 7) is 0. The Kier molecular flexibility index (Phi) is 1.99. The van der Waals surface area contributed by atoms with Crippen LogP contribution in [0.5, 0.6) is 0 Å². The third kappa shape index (κ3) is 1.69. The summed E-state index contributed by atoms with van der Waals surface area (Å²) in [7, 11) is -3.87. The van der Waals surface area contributed by atoms with E-state index in [1.54, 1.807) is 0 Å². The van der Waals surface area contributed by atoms with E-state index in [-0.39, 0.29) is 20.6 Å². The van der Waals surface area contributed by atoms with Crippen LogP contribution in [0.15, 0.2) is 10.4 Å². The Morgan fingerprint density at radius 3 is 2.80 bits per heavy atom. The molecule has 0 fully saturated rings. The van der Waals surface area contributed by atoms with Crippen molar-refractivity contribution in [3.8, 4) is 0 Å². The molecule has 2 rings (SSSR count). The van der Waals surface area contributed by atoms with Gasteiger partial charge in [0.1, 0.15) is 5.82 Å². The van der Waals surface area contributed by atoms with Crippen LogP contribution in [-0.4, -0.2) is 23.0 Å². The number of nitrogens with one attached hydrogen (secondary N) is 1. The second kappa shape index (κ2) is 2.98. The lowest BCUT2D eigenvalue weighted by atomic mass is 10.6. The summed E-state index contributed by atoms with van der Waals surface area (Å²) in [5.74, 6) is 0.129. The Morgan fingerprint density at radius 2 is 2.20 bits per heavy atom. The van der Waals surface area contributed by atoms with Crippen molar-refractivity contribution in [3.05, 3.63) is 11.6 Å². The predicted octanol–water partition coefficient (Wildman–Crippen LogP) is -1.50. The fraction of sp³-hybridized carbons (Fsp3) is 0. The molecule has 0 unspecified atom stereocenters. The Balaban J connectivity index is 2.89. The summed E-state index contributed by atoms with van der Waals surface area (Å²) in [5, 5.41) is 16.0. The van der Waals surface area contributed by atoms with Gasteiger partial charge in [-0.25, -0.2) is 18.5 Å². The van der Waals surface area contributed by atoms with Crippen molar-refractivity contribution in [3.63, 3.8) is 0 Å². The first-order valence-corrected chi connectivity index (χ1v) is 5.98. The SMILES string of the molecule is N=c1cc(N)nc2sc(S(N)(=O)=O)nn12. The monoisotopic (exact) mass is 246 g/mol. The van der Waals surface area contributed by atoms with Crippen molar-refractivity contribution >= 4 is 32.1 Å². The topological polar surface area (TPSA) is 140 Å². The number of anilines is 1. The summed E-state index contributed by atoms with van der Waals surface area (Å²) in [6.07, 6.45) is 0. The summed E-state index contributed by atoms with van der Waals surface area (Å²) < 4.78 is 22.7. The summed E-state index contributed by atoms with van der Waals surface area (Å²) in [6, 6.07) is 1.26. The first-order valence-electron chi connectivity index (χ1n) is 3.62. The molecule has 2 aromatic rings. The number of primary sulfonamides is 1. The zero-order chi connectivity index (χ0) is 11.2. The van der Waals surface area contributed by atoms with Crippen molar-refractivity contribution in [1.29, 1.82) is 5.41 Å². The van der Waals surface area contributed by atoms with Crippen molar-refractivity contribution < 1.29 is 8.42 Å². The highest BCUT2D eigenvalue weighted by Crippen LogP contribution is 2.15. The average Bonchev–Trinajstić information content (AvgIpc) is 2.46. The van der Waals surface area contributed by atoms with Crippen molar-refractivity contribution in [2.24, 2.45) is 5.14 Å². The first kappa shape index (κ1) is 10.0. The minimum atomic E-state index is -3.87. The highest BCUT2D eigenvalue weighted by Gasteiger charge is 2.15. The zero-order valence-corrected chi connectivity index (χ0v) is 8.84. The fourth-order valence-corrected chi connectivity index (χ4v) is 2.49. The lowest BCUT2D eigenvalue weighted by molar-refractivity contribution is 0.594. The maximum Gasteiger partial charge on any atom is 0.267 e. The molecular formula is C5H6N6O2S2. The maximum atomic E-state index is 11.0. The Hall–Kier alpha value is -1.52. The van der Waals surface area contributed by atoms with Gasteiger partial charge in [-0.3, -0.25) is 5.41 Å². The van der Waals surface area contributed by atoms with Crippen LogP contribution in [0.25, 0.3) is 4.96 Å². The molecule has 0 bridgehead atoms. The van der Waals surface area contributed by atoms with Crippen LogP contribution >= 0.6 is 11.3 Å². The summed E-state index contributed by atoms with van der Waals surface area (Å²) in [4.78, 5) is 4.04. The normalized spacial score (nSPS) is 12.1. The summed E-state index contributed by atoms with van der Waals surface area (Å²) in [5.41, 5.74) is 5.34. The van der Waals surface area contributed by atoms with Gasteiger partial charge in [0.25, 0.3) is 10.0 Å². The van der Waals surface area contributed by atoms with E-state index in [2.05, 4.69) is 10.1 Å². The molecule has 80 valence electrons. The van der Waals surface area contributed by atoms with Crippen LogP contribution in [0.2, 0.25) is 0 Å². The molecule has 0 saturated heterocycles. The van der Waals surface area contributed by atoms with Crippen LogP contribution < -0.4 is 16.4 Å². The van der Waals surface area contributed by atoms with E-state index in [4.69, 9.17) is 16.3 Å². The number of nitrogens with two attached hydrogens (primary N) is 2. The highest BCUT2D eigenvalue weighted by atomic mass is 32.2. The van der Waals surface area contributed by atoms with E-state index >= 15 is 0 Å². The molecule has 5 N–H and O–H groups in total. The summed E-state index contributed by atoms with van der Waals surface area (Å²) >= 11 is 0.760. The molecule has 10 heteroatoms. The van der Waals surface area contributed by atoms with Crippen molar-refractivity contribution in [2.75, 3.05) is 5.73 Å². The quantitative estimate of drug-likeness (QED) is 0.561. The molecule has 0 radical (unpaired) electrons. The third-order valence-electron chi connectivity index (χ3n) is 1.52. The van der Waals surface area contributed by atoms with Gasteiger partial charge in [0.05, 0.1) is 0 Å². The van der Waals surface area contributed by atoms with Crippen LogP contribution in [0.1, 0.15) is 0 Å². The molecule has 0 aliphatic heterocycles. The van der Waals surface area contributed by atoms with Gasteiger partial charge in [-0.1, -0.05) is 11.3 Å². The average molecular weight is 246 g/mol. The van der Waals surface area contributed by atoms with Gasteiger partial charge in [0.15, 0.2) is 5.49 Å². The standard InChI is InChI=1S/C5H6N6O2S2/c6-2-1-3(7)11-4(9-2)14-5(10-11)15(8,12)13/h1,7H,6H2,(H2,8,12,13). The van der Waals surface area contributed by atoms with E-state index < -0.39 is 10.0 Å². The molecule has 15 heavy (non-hydrogen) atoms. The molecule has 0 atom stereocenters. The van der Waals surface area contributed by atoms with Gasteiger partial charge >= 0.3 is 0 Å². The van der Waals surface area contributed by atoms with E-state index in [0.717, 1.165) is 15.9 Å². The largest absolute Gasteiger partial charge is 0.383 e. The van der Waals surface area contributed by atoms with Crippen LogP contribution in [-0.2, 0) is 10.0 Å². The van der Waals surface area contributed by atoms with Crippen LogP contribution in [0.4, 0.5) is 5.82 Å². The lowest BCUT2D eigenvalue weighted by Gasteiger charge is -1.91. The second-order valence-corrected chi connectivity index (χ2v) is 5.36. The van der Waals surface area contributed by atoms with Crippen LogP contribution in [0, 0.1) is 5.41 Å².